The van der Waals surface area contributed by atoms with E-state index in [1.165, 1.54) is 5.56 Å². The minimum atomic E-state index is 0.212. The van der Waals surface area contributed by atoms with E-state index in [0.29, 0.717) is 0 Å². The van der Waals surface area contributed by atoms with Crippen molar-refractivity contribution in [1.29, 1.82) is 0 Å². The zero-order valence-electron chi connectivity index (χ0n) is 12.1. The predicted octanol–water partition coefficient (Wildman–Crippen LogP) is 3.49. The first-order chi connectivity index (χ1) is 10.3. The molecule has 0 aliphatic carbocycles. The topological polar surface area (TPSA) is 43.0 Å². The monoisotopic (exact) mass is 281 g/mol. The first-order valence-corrected chi connectivity index (χ1v) is 7.17. The van der Waals surface area contributed by atoms with Crippen LogP contribution in [0, 0.1) is 0 Å². The van der Waals surface area contributed by atoms with Gasteiger partial charge in [-0.3, -0.25) is 4.68 Å². The molecule has 1 N–H and O–H groups in total. The summed E-state index contributed by atoms with van der Waals surface area (Å²) in [6.45, 7) is 3.77. The number of hydrogen-bond acceptors (Lipinski definition) is 3. The van der Waals surface area contributed by atoms with Gasteiger partial charge in [0.05, 0.1) is 25.0 Å². The van der Waals surface area contributed by atoms with Crippen molar-refractivity contribution in [2.75, 3.05) is 6.54 Å². The second-order valence-electron chi connectivity index (χ2n) is 5.05. The van der Waals surface area contributed by atoms with E-state index in [1.807, 2.05) is 41.2 Å². The Kier molecular flexibility index (Phi) is 4.17. The minimum Gasteiger partial charge on any atom is -0.468 e. The van der Waals surface area contributed by atoms with E-state index in [4.69, 9.17) is 4.42 Å². The van der Waals surface area contributed by atoms with Crippen LogP contribution in [0.25, 0.3) is 11.1 Å². The summed E-state index contributed by atoms with van der Waals surface area (Å²) in [5.41, 5.74) is 2.34. The van der Waals surface area contributed by atoms with Gasteiger partial charge in [0, 0.05) is 18.3 Å². The van der Waals surface area contributed by atoms with E-state index in [1.54, 1.807) is 6.26 Å². The molecule has 0 radical (unpaired) electrons. The van der Waals surface area contributed by atoms with Crippen LogP contribution in [0.3, 0.4) is 0 Å². The third-order valence-corrected chi connectivity index (χ3v) is 3.50. The van der Waals surface area contributed by atoms with Crippen LogP contribution >= 0.6 is 0 Å². The van der Waals surface area contributed by atoms with Gasteiger partial charge in [0.2, 0.25) is 0 Å². The molecule has 0 aliphatic rings. The Labute approximate surface area is 124 Å². The van der Waals surface area contributed by atoms with Gasteiger partial charge in [-0.15, -0.1) is 0 Å². The summed E-state index contributed by atoms with van der Waals surface area (Å²) < 4.78 is 7.34. The number of benzene rings is 1. The Morgan fingerprint density at radius 2 is 2.00 bits per heavy atom. The molecule has 0 spiro atoms. The van der Waals surface area contributed by atoms with E-state index in [0.717, 1.165) is 24.4 Å². The Hall–Kier alpha value is -2.33. The molecule has 1 atom stereocenters. The van der Waals surface area contributed by atoms with Crippen molar-refractivity contribution in [3.05, 3.63) is 66.9 Å². The number of hydrogen-bond donors (Lipinski definition) is 1. The van der Waals surface area contributed by atoms with Crippen molar-refractivity contribution in [3.8, 4) is 11.1 Å². The van der Waals surface area contributed by atoms with Crippen LogP contribution < -0.4 is 5.32 Å². The van der Waals surface area contributed by atoms with Gasteiger partial charge in [0.25, 0.3) is 0 Å². The molecule has 4 heteroatoms. The van der Waals surface area contributed by atoms with Crippen molar-refractivity contribution < 1.29 is 4.42 Å². The molecule has 3 aromatic rings. The van der Waals surface area contributed by atoms with Gasteiger partial charge in [-0.05, 0) is 24.6 Å². The Morgan fingerprint density at radius 3 is 2.76 bits per heavy atom. The van der Waals surface area contributed by atoms with Gasteiger partial charge in [-0.2, -0.15) is 5.10 Å². The highest BCUT2D eigenvalue weighted by atomic mass is 16.3. The molecule has 2 heterocycles. The largest absolute Gasteiger partial charge is 0.468 e. The van der Waals surface area contributed by atoms with Crippen LogP contribution in [0.15, 0.2) is 65.5 Å². The summed E-state index contributed by atoms with van der Waals surface area (Å²) in [6, 6.07) is 14.4. The van der Waals surface area contributed by atoms with E-state index >= 15 is 0 Å². The zero-order valence-corrected chi connectivity index (χ0v) is 12.1. The van der Waals surface area contributed by atoms with Crippen LogP contribution in [0.1, 0.15) is 18.7 Å². The van der Waals surface area contributed by atoms with E-state index < -0.39 is 0 Å². The summed E-state index contributed by atoms with van der Waals surface area (Å²) in [7, 11) is 0. The fourth-order valence-electron chi connectivity index (χ4n) is 2.30. The summed E-state index contributed by atoms with van der Waals surface area (Å²) in [5.74, 6) is 0.959. The molecule has 0 amide bonds. The lowest BCUT2D eigenvalue weighted by Crippen LogP contribution is -2.23. The second-order valence-corrected chi connectivity index (χ2v) is 5.05. The van der Waals surface area contributed by atoms with Crippen molar-refractivity contribution in [2.24, 2.45) is 0 Å². The maximum absolute atomic E-state index is 5.38. The normalized spacial score (nSPS) is 12.4. The fraction of sp³-hybridized carbons (Fsp3) is 0.235. The maximum Gasteiger partial charge on any atom is 0.120 e. The molecule has 0 aliphatic heterocycles. The van der Waals surface area contributed by atoms with Gasteiger partial charge < -0.3 is 9.73 Å². The summed E-state index contributed by atoms with van der Waals surface area (Å²) in [4.78, 5) is 0. The molecule has 21 heavy (non-hydrogen) atoms. The third kappa shape index (κ3) is 3.41. The standard InChI is InChI=1S/C17H19N3O/c1-14(17-8-5-11-21-17)18-9-10-20-13-16(12-19-20)15-6-3-2-4-7-15/h2-8,11-14,18H,9-10H2,1H3. The average Bonchev–Trinajstić information content (AvgIpc) is 3.20. The number of aromatic nitrogens is 2. The van der Waals surface area contributed by atoms with Gasteiger partial charge >= 0.3 is 0 Å². The molecule has 0 fully saturated rings. The number of nitrogens with one attached hydrogen (secondary N) is 1. The van der Waals surface area contributed by atoms with Gasteiger partial charge in [0.1, 0.15) is 5.76 Å². The smallest absolute Gasteiger partial charge is 0.120 e. The summed E-state index contributed by atoms with van der Waals surface area (Å²) in [6.07, 6.45) is 5.69. The molecule has 4 nitrogen and oxygen atoms in total. The van der Waals surface area contributed by atoms with Crippen molar-refractivity contribution >= 4 is 0 Å². The highest BCUT2D eigenvalue weighted by Gasteiger charge is 2.07. The first kappa shape index (κ1) is 13.6. The SMILES string of the molecule is CC(NCCn1cc(-c2ccccc2)cn1)c1ccco1. The maximum atomic E-state index is 5.38. The third-order valence-electron chi connectivity index (χ3n) is 3.50. The number of rotatable bonds is 6. The molecule has 0 bridgehead atoms. The summed E-state index contributed by atoms with van der Waals surface area (Å²) in [5, 5.41) is 7.83. The van der Waals surface area contributed by atoms with Gasteiger partial charge in [-0.1, -0.05) is 30.3 Å². The quantitative estimate of drug-likeness (QED) is 0.752. The lowest BCUT2D eigenvalue weighted by Gasteiger charge is -2.10. The van der Waals surface area contributed by atoms with Crippen LogP contribution in [0.5, 0.6) is 0 Å². The molecule has 108 valence electrons. The summed E-state index contributed by atoms with van der Waals surface area (Å²) >= 11 is 0. The molecule has 2 aromatic heterocycles. The number of nitrogens with zero attached hydrogens (tertiary/aromatic N) is 2. The molecule has 1 unspecified atom stereocenters. The highest BCUT2D eigenvalue weighted by Crippen LogP contribution is 2.17. The molecule has 1 aromatic carbocycles. The van der Waals surface area contributed by atoms with Gasteiger partial charge in [0.15, 0.2) is 0 Å². The van der Waals surface area contributed by atoms with Crippen molar-refractivity contribution in [1.82, 2.24) is 15.1 Å². The number of furan rings is 1. The van der Waals surface area contributed by atoms with Crippen LogP contribution in [0.4, 0.5) is 0 Å². The van der Waals surface area contributed by atoms with E-state index in [2.05, 4.69) is 35.7 Å². The van der Waals surface area contributed by atoms with E-state index in [-0.39, 0.29) is 6.04 Å². The first-order valence-electron chi connectivity index (χ1n) is 7.17. The minimum absolute atomic E-state index is 0.212. The highest BCUT2D eigenvalue weighted by molar-refractivity contribution is 5.61. The Morgan fingerprint density at radius 1 is 1.14 bits per heavy atom. The molecular weight excluding hydrogens is 262 g/mol. The Balaban J connectivity index is 1.54. The van der Waals surface area contributed by atoms with Crippen molar-refractivity contribution in [3.63, 3.8) is 0 Å². The van der Waals surface area contributed by atoms with Gasteiger partial charge in [-0.25, -0.2) is 0 Å². The fourth-order valence-corrected chi connectivity index (χ4v) is 2.30. The Bertz CT molecular complexity index is 658. The average molecular weight is 281 g/mol. The van der Waals surface area contributed by atoms with E-state index in [9.17, 15) is 0 Å². The lowest BCUT2D eigenvalue weighted by atomic mass is 10.1. The van der Waals surface area contributed by atoms with Crippen molar-refractivity contribution in [2.45, 2.75) is 19.5 Å². The molecule has 0 saturated carbocycles. The molecular formula is C17H19N3O. The second kappa shape index (κ2) is 6.41. The lowest BCUT2D eigenvalue weighted by molar-refractivity contribution is 0.419. The van der Waals surface area contributed by atoms with Crippen LogP contribution in [0.2, 0.25) is 0 Å². The van der Waals surface area contributed by atoms with Crippen LogP contribution in [-0.2, 0) is 6.54 Å². The van der Waals surface area contributed by atoms with Crippen LogP contribution in [-0.4, -0.2) is 16.3 Å². The zero-order chi connectivity index (χ0) is 14.5. The molecule has 0 saturated heterocycles. The molecule has 3 rings (SSSR count). The predicted molar refractivity (Wildman–Crippen MR) is 82.8 cm³/mol.